The van der Waals surface area contributed by atoms with Crippen LogP contribution in [0.5, 0.6) is 0 Å². The molecule has 0 aliphatic rings. The summed E-state index contributed by atoms with van der Waals surface area (Å²) >= 11 is 3.50. The molecule has 0 aliphatic heterocycles. The van der Waals surface area contributed by atoms with Gasteiger partial charge in [0.1, 0.15) is 0 Å². The number of halogens is 1. The summed E-state index contributed by atoms with van der Waals surface area (Å²) in [7, 11) is 0. The number of hydrogen-bond acceptors (Lipinski definition) is 1. The van der Waals surface area contributed by atoms with Crippen LogP contribution in [0.3, 0.4) is 0 Å². The molecule has 0 aliphatic carbocycles. The minimum atomic E-state index is 0.339. The number of nitrogens with zero attached hydrogens (tertiary/aromatic N) is 1. The van der Waals surface area contributed by atoms with Crippen LogP contribution >= 0.6 is 15.9 Å². The third-order valence-corrected chi connectivity index (χ3v) is 3.07. The highest BCUT2D eigenvalue weighted by Crippen LogP contribution is 2.30. The monoisotopic (exact) mass is 265 g/mol. The molecule has 0 saturated heterocycles. The fourth-order valence-corrected chi connectivity index (χ4v) is 2.44. The summed E-state index contributed by atoms with van der Waals surface area (Å²) in [6, 6.07) is 8.66. The van der Waals surface area contributed by atoms with Crippen molar-refractivity contribution >= 4 is 15.9 Å². The molecule has 1 rings (SSSR count). The number of benzene rings is 1. The zero-order valence-electron chi connectivity index (χ0n) is 9.42. The maximum absolute atomic E-state index is 8.82. The van der Waals surface area contributed by atoms with E-state index in [1.54, 1.807) is 0 Å². The van der Waals surface area contributed by atoms with Gasteiger partial charge in [0.25, 0.3) is 0 Å². The van der Waals surface area contributed by atoms with Crippen molar-refractivity contribution in [1.29, 1.82) is 5.26 Å². The van der Waals surface area contributed by atoms with Crippen molar-refractivity contribution in [2.75, 3.05) is 0 Å². The molecule has 0 N–H and O–H groups in total. The van der Waals surface area contributed by atoms with Crippen LogP contribution in [0.15, 0.2) is 22.7 Å². The highest BCUT2D eigenvalue weighted by atomic mass is 79.9. The molecular weight excluding hydrogens is 250 g/mol. The van der Waals surface area contributed by atoms with Crippen molar-refractivity contribution in [3.05, 3.63) is 33.8 Å². The molecule has 1 nitrogen and oxygen atoms in total. The standard InChI is InChI=1S/C13H16BrN/c1-9(2)13(4-5-15)11-6-10(3)7-12(14)8-11/h6-9,13H,4H2,1-3H3. The van der Waals surface area contributed by atoms with Gasteiger partial charge in [-0.15, -0.1) is 0 Å². The van der Waals surface area contributed by atoms with E-state index in [0.29, 0.717) is 18.3 Å². The van der Waals surface area contributed by atoms with Gasteiger partial charge in [0, 0.05) is 10.9 Å². The first-order chi connectivity index (χ1) is 7.04. The molecule has 0 fully saturated rings. The van der Waals surface area contributed by atoms with Crippen molar-refractivity contribution < 1.29 is 0 Å². The third-order valence-electron chi connectivity index (χ3n) is 2.61. The van der Waals surface area contributed by atoms with Gasteiger partial charge in [-0.2, -0.15) is 5.26 Å². The second-order valence-corrected chi connectivity index (χ2v) is 5.19. The lowest BCUT2D eigenvalue weighted by Gasteiger charge is -2.19. The van der Waals surface area contributed by atoms with Crippen LogP contribution in [0.4, 0.5) is 0 Å². The molecule has 0 spiro atoms. The molecule has 1 aromatic carbocycles. The van der Waals surface area contributed by atoms with E-state index in [9.17, 15) is 0 Å². The van der Waals surface area contributed by atoms with Crippen LogP contribution in [0.2, 0.25) is 0 Å². The Labute approximate surface area is 100 Å². The second kappa shape index (κ2) is 5.32. The van der Waals surface area contributed by atoms with Crippen molar-refractivity contribution in [3.8, 4) is 6.07 Å². The predicted octanol–water partition coefficient (Wildman–Crippen LogP) is 4.41. The topological polar surface area (TPSA) is 23.8 Å². The van der Waals surface area contributed by atoms with Gasteiger partial charge in [0.05, 0.1) is 6.07 Å². The Morgan fingerprint density at radius 3 is 2.47 bits per heavy atom. The SMILES string of the molecule is Cc1cc(Br)cc(C(CC#N)C(C)C)c1. The van der Waals surface area contributed by atoms with E-state index in [0.717, 1.165) is 4.47 Å². The quantitative estimate of drug-likeness (QED) is 0.794. The number of aryl methyl sites for hydroxylation is 1. The molecule has 1 unspecified atom stereocenters. The Morgan fingerprint density at radius 2 is 2.00 bits per heavy atom. The normalized spacial score (nSPS) is 12.5. The molecule has 0 aromatic heterocycles. The smallest absolute Gasteiger partial charge is 0.0628 e. The Morgan fingerprint density at radius 1 is 1.33 bits per heavy atom. The molecule has 1 atom stereocenters. The van der Waals surface area contributed by atoms with Gasteiger partial charge in [0.2, 0.25) is 0 Å². The first kappa shape index (κ1) is 12.3. The van der Waals surface area contributed by atoms with E-state index >= 15 is 0 Å². The van der Waals surface area contributed by atoms with Crippen LogP contribution in [-0.2, 0) is 0 Å². The lowest BCUT2D eigenvalue weighted by atomic mass is 9.86. The summed E-state index contributed by atoms with van der Waals surface area (Å²) in [6.45, 7) is 6.41. The maximum atomic E-state index is 8.82. The molecule has 80 valence electrons. The van der Waals surface area contributed by atoms with Crippen LogP contribution in [0, 0.1) is 24.2 Å². The first-order valence-corrected chi connectivity index (χ1v) is 5.98. The summed E-state index contributed by atoms with van der Waals surface area (Å²) in [4.78, 5) is 0. The fraction of sp³-hybridized carbons (Fsp3) is 0.462. The van der Waals surface area contributed by atoms with Crippen molar-refractivity contribution in [2.24, 2.45) is 5.92 Å². The average molecular weight is 266 g/mol. The molecule has 0 radical (unpaired) electrons. The van der Waals surface area contributed by atoms with Gasteiger partial charge in [0.15, 0.2) is 0 Å². The number of nitriles is 1. The third kappa shape index (κ3) is 3.35. The molecule has 0 heterocycles. The van der Waals surface area contributed by atoms with Crippen LogP contribution < -0.4 is 0 Å². The molecule has 2 heteroatoms. The lowest BCUT2D eigenvalue weighted by Crippen LogP contribution is -2.06. The Kier molecular flexibility index (Phi) is 4.35. The minimum Gasteiger partial charge on any atom is -0.198 e. The first-order valence-electron chi connectivity index (χ1n) is 5.18. The summed E-state index contributed by atoms with van der Waals surface area (Å²) in [5, 5.41) is 8.82. The molecule has 0 saturated carbocycles. The van der Waals surface area contributed by atoms with Crippen molar-refractivity contribution in [1.82, 2.24) is 0 Å². The Bertz CT molecular complexity index is 356. The molecule has 1 aromatic rings. The Balaban J connectivity index is 3.06. The van der Waals surface area contributed by atoms with Crippen LogP contribution in [-0.4, -0.2) is 0 Å². The highest BCUT2D eigenvalue weighted by molar-refractivity contribution is 9.10. The van der Waals surface area contributed by atoms with Crippen molar-refractivity contribution in [2.45, 2.75) is 33.1 Å². The summed E-state index contributed by atoms with van der Waals surface area (Å²) < 4.78 is 1.10. The van der Waals surface area contributed by atoms with E-state index in [1.165, 1.54) is 11.1 Å². The van der Waals surface area contributed by atoms with Gasteiger partial charge < -0.3 is 0 Å². The van der Waals surface area contributed by atoms with Gasteiger partial charge in [-0.1, -0.05) is 35.8 Å². The summed E-state index contributed by atoms with van der Waals surface area (Å²) in [5.41, 5.74) is 2.50. The fourth-order valence-electron chi connectivity index (χ4n) is 1.82. The van der Waals surface area contributed by atoms with Crippen LogP contribution in [0.1, 0.15) is 37.3 Å². The molecule has 15 heavy (non-hydrogen) atoms. The molecule has 0 bridgehead atoms. The van der Waals surface area contributed by atoms with Crippen molar-refractivity contribution in [3.63, 3.8) is 0 Å². The van der Waals surface area contributed by atoms with E-state index < -0.39 is 0 Å². The maximum Gasteiger partial charge on any atom is 0.0628 e. The average Bonchev–Trinajstić information content (AvgIpc) is 2.11. The van der Waals surface area contributed by atoms with Gasteiger partial charge in [-0.25, -0.2) is 0 Å². The Hall–Kier alpha value is -0.810. The van der Waals surface area contributed by atoms with Gasteiger partial charge in [-0.05, 0) is 42.0 Å². The summed E-state index contributed by atoms with van der Waals surface area (Å²) in [5.74, 6) is 0.838. The second-order valence-electron chi connectivity index (χ2n) is 4.27. The van der Waals surface area contributed by atoms with E-state index in [2.05, 4.69) is 61.0 Å². The largest absolute Gasteiger partial charge is 0.198 e. The van der Waals surface area contributed by atoms with E-state index in [1.807, 2.05) is 0 Å². The van der Waals surface area contributed by atoms with E-state index in [4.69, 9.17) is 5.26 Å². The molecular formula is C13H16BrN. The van der Waals surface area contributed by atoms with Gasteiger partial charge in [-0.3, -0.25) is 0 Å². The highest BCUT2D eigenvalue weighted by Gasteiger charge is 2.16. The summed E-state index contributed by atoms with van der Waals surface area (Å²) in [6.07, 6.45) is 0.591. The van der Waals surface area contributed by atoms with E-state index in [-0.39, 0.29) is 0 Å². The van der Waals surface area contributed by atoms with Crippen LogP contribution in [0.25, 0.3) is 0 Å². The van der Waals surface area contributed by atoms with Gasteiger partial charge >= 0.3 is 0 Å². The predicted molar refractivity (Wildman–Crippen MR) is 66.7 cm³/mol. The number of rotatable bonds is 3. The zero-order valence-corrected chi connectivity index (χ0v) is 11.0. The zero-order chi connectivity index (χ0) is 11.4. The lowest BCUT2D eigenvalue weighted by molar-refractivity contribution is 0.505. The number of hydrogen-bond donors (Lipinski definition) is 0. The molecule has 0 amide bonds. The minimum absolute atomic E-state index is 0.339.